The fraction of sp³-hybridized carbons (Fsp3) is 0.261. The molecule has 1 unspecified atom stereocenters. The van der Waals surface area contributed by atoms with E-state index in [0.29, 0.717) is 11.5 Å². The third-order valence-corrected chi connectivity index (χ3v) is 5.25. The van der Waals surface area contributed by atoms with Gasteiger partial charge >= 0.3 is 6.18 Å². The van der Waals surface area contributed by atoms with E-state index < -0.39 is 52.5 Å². The lowest BCUT2D eigenvalue weighted by atomic mass is 9.96. The molecule has 2 amide bonds. The van der Waals surface area contributed by atoms with Gasteiger partial charge < -0.3 is 15.6 Å². The van der Waals surface area contributed by atoms with Gasteiger partial charge in [-0.2, -0.15) is 13.2 Å². The SMILES string of the molecule is C.CC(C(=O)Nc1cccc2c(=O)n([C@H](C)C(N)=O)ccc12)c1cccc(C(F)(F)F)c1F. The number of nitrogens with two attached hydrogens (primary N) is 1. The molecule has 33 heavy (non-hydrogen) atoms. The van der Waals surface area contributed by atoms with Gasteiger partial charge in [-0.15, -0.1) is 0 Å². The quantitative estimate of drug-likeness (QED) is 0.540. The van der Waals surface area contributed by atoms with Crippen LogP contribution in [0, 0.1) is 5.82 Å². The van der Waals surface area contributed by atoms with Crippen LogP contribution in [0.3, 0.4) is 0 Å². The van der Waals surface area contributed by atoms with Crippen LogP contribution in [0.25, 0.3) is 10.8 Å². The van der Waals surface area contributed by atoms with Gasteiger partial charge in [0.05, 0.1) is 11.5 Å². The Bertz CT molecular complexity index is 1270. The van der Waals surface area contributed by atoms with Crippen molar-refractivity contribution in [3.8, 4) is 0 Å². The highest BCUT2D eigenvalue weighted by atomic mass is 19.4. The number of aromatic nitrogens is 1. The first-order valence-corrected chi connectivity index (χ1v) is 9.53. The first kappa shape index (κ1) is 25.6. The maximum Gasteiger partial charge on any atom is 0.419 e. The largest absolute Gasteiger partial charge is 0.419 e. The molecule has 0 fully saturated rings. The topological polar surface area (TPSA) is 94.2 Å². The number of fused-ring (bicyclic) bond motifs is 1. The maximum atomic E-state index is 14.4. The third-order valence-electron chi connectivity index (χ3n) is 5.25. The van der Waals surface area contributed by atoms with Crippen molar-refractivity contribution in [1.82, 2.24) is 4.57 Å². The summed E-state index contributed by atoms with van der Waals surface area (Å²) >= 11 is 0. The Morgan fingerprint density at radius 1 is 1.03 bits per heavy atom. The second kappa shape index (κ2) is 9.43. The second-order valence-corrected chi connectivity index (χ2v) is 7.29. The summed E-state index contributed by atoms with van der Waals surface area (Å²) in [6, 6.07) is 7.84. The van der Waals surface area contributed by atoms with E-state index >= 15 is 0 Å². The van der Waals surface area contributed by atoms with Crippen LogP contribution >= 0.6 is 0 Å². The average Bonchev–Trinajstić information content (AvgIpc) is 2.72. The van der Waals surface area contributed by atoms with E-state index in [-0.39, 0.29) is 18.5 Å². The molecule has 10 heteroatoms. The Kier molecular flexibility index (Phi) is 7.31. The molecule has 1 aromatic heterocycles. The van der Waals surface area contributed by atoms with E-state index in [1.165, 1.54) is 44.3 Å². The lowest BCUT2D eigenvalue weighted by Gasteiger charge is -2.17. The van der Waals surface area contributed by atoms with Gasteiger partial charge in [-0.05, 0) is 38.1 Å². The van der Waals surface area contributed by atoms with E-state index in [2.05, 4.69) is 5.32 Å². The molecular weight excluding hydrogens is 442 g/mol. The number of nitrogens with zero attached hydrogens (tertiary/aromatic N) is 1. The minimum absolute atomic E-state index is 0. The molecule has 176 valence electrons. The number of carbonyl (C=O) groups excluding carboxylic acids is 2. The molecule has 0 aliphatic carbocycles. The minimum atomic E-state index is -4.89. The molecule has 3 N–H and O–H groups in total. The predicted octanol–water partition coefficient (Wildman–Crippen LogP) is 4.58. The van der Waals surface area contributed by atoms with Crippen LogP contribution in [0.1, 0.15) is 44.4 Å². The van der Waals surface area contributed by atoms with Gasteiger partial charge in [0.2, 0.25) is 11.8 Å². The molecular formula is C23H23F4N3O3. The van der Waals surface area contributed by atoms with Gasteiger partial charge in [0.25, 0.3) is 5.56 Å². The molecule has 0 aliphatic rings. The average molecular weight is 465 g/mol. The van der Waals surface area contributed by atoms with Crippen LogP contribution in [-0.4, -0.2) is 16.4 Å². The standard InChI is InChI=1S/C22H19F4N3O3.CH4/c1-11(13-5-3-7-16(18(13)23)22(24,25)26)20(31)28-17-8-4-6-15-14(17)9-10-29(21(15)32)12(2)19(27)30;/h3-12H,1-2H3,(H2,27,30)(H,28,31);1H4/t11?,12-;/m1./s1. The summed E-state index contributed by atoms with van der Waals surface area (Å²) in [4.78, 5) is 36.9. The first-order valence-electron chi connectivity index (χ1n) is 9.53. The number of hydrogen-bond donors (Lipinski definition) is 2. The van der Waals surface area contributed by atoms with Crippen LogP contribution in [0.4, 0.5) is 23.2 Å². The molecule has 0 bridgehead atoms. The number of primary amides is 1. The summed E-state index contributed by atoms with van der Waals surface area (Å²) in [6.45, 7) is 2.74. The Balaban J connectivity index is 0.00000385. The van der Waals surface area contributed by atoms with Crippen molar-refractivity contribution in [2.45, 2.75) is 39.4 Å². The van der Waals surface area contributed by atoms with Crippen molar-refractivity contribution in [3.63, 3.8) is 0 Å². The van der Waals surface area contributed by atoms with Gasteiger partial charge in [0, 0.05) is 28.2 Å². The molecule has 6 nitrogen and oxygen atoms in total. The highest BCUT2D eigenvalue weighted by Gasteiger charge is 2.36. The Morgan fingerprint density at radius 2 is 1.67 bits per heavy atom. The summed E-state index contributed by atoms with van der Waals surface area (Å²) in [5, 5.41) is 3.07. The number of alkyl halides is 3. The number of amides is 2. The zero-order valence-corrected chi connectivity index (χ0v) is 17.0. The van der Waals surface area contributed by atoms with E-state index in [1.54, 1.807) is 0 Å². The molecule has 0 saturated heterocycles. The number of nitrogens with one attached hydrogen (secondary N) is 1. The van der Waals surface area contributed by atoms with Gasteiger partial charge in [0.15, 0.2) is 0 Å². The van der Waals surface area contributed by atoms with E-state index in [0.717, 1.165) is 16.7 Å². The zero-order valence-electron chi connectivity index (χ0n) is 17.0. The van der Waals surface area contributed by atoms with Crippen molar-refractivity contribution in [1.29, 1.82) is 0 Å². The van der Waals surface area contributed by atoms with Crippen LogP contribution in [0.15, 0.2) is 53.5 Å². The van der Waals surface area contributed by atoms with Crippen molar-refractivity contribution in [3.05, 3.63) is 76.0 Å². The smallest absolute Gasteiger partial charge is 0.368 e. The molecule has 3 aromatic rings. The van der Waals surface area contributed by atoms with Gasteiger partial charge in [-0.25, -0.2) is 4.39 Å². The van der Waals surface area contributed by atoms with Crippen molar-refractivity contribution in [2.75, 3.05) is 5.32 Å². The number of anilines is 1. The van der Waals surface area contributed by atoms with Crippen LogP contribution in [0.2, 0.25) is 0 Å². The molecule has 0 aliphatic heterocycles. The Morgan fingerprint density at radius 3 is 2.27 bits per heavy atom. The minimum Gasteiger partial charge on any atom is -0.368 e. The molecule has 2 atom stereocenters. The summed E-state index contributed by atoms with van der Waals surface area (Å²) < 4.78 is 54.5. The van der Waals surface area contributed by atoms with Gasteiger partial charge in [-0.3, -0.25) is 14.4 Å². The van der Waals surface area contributed by atoms with Crippen molar-refractivity contribution >= 4 is 28.3 Å². The van der Waals surface area contributed by atoms with Gasteiger partial charge in [-0.1, -0.05) is 25.6 Å². The molecule has 3 rings (SSSR count). The highest BCUT2D eigenvalue weighted by Crippen LogP contribution is 2.34. The molecule has 0 spiro atoms. The summed E-state index contributed by atoms with van der Waals surface area (Å²) in [7, 11) is 0. The third kappa shape index (κ3) is 4.89. The summed E-state index contributed by atoms with van der Waals surface area (Å²) in [6.07, 6.45) is -3.54. The van der Waals surface area contributed by atoms with E-state index in [9.17, 15) is 31.9 Å². The number of benzene rings is 2. The fourth-order valence-electron chi connectivity index (χ4n) is 3.33. The van der Waals surface area contributed by atoms with Crippen LogP contribution in [-0.2, 0) is 15.8 Å². The Labute approximate surface area is 187 Å². The highest BCUT2D eigenvalue weighted by molar-refractivity contribution is 6.04. The molecule has 1 heterocycles. The maximum absolute atomic E-state index is 14.4. The molecule has 2 aromatic carbocycles. The molecule has 0 saturated carbocycles. The van der Waals surface area contributed by atoms with E-state index in [1.807, 2.05) is 0 Å². The lowest BCUT2D eigenvalue weighted by Crippen LogP contribution is -2.31. The monoisotopic (exact) mass is 465 g/mol. The van der Waals surface area contributed by atoms with Crippen LogP contribution < -0.4 is 16.6 Å². The lowest BCUT2D eigenvalue weighted by molar-refractivity contribution is -0.140. The van der Waals surface area contributed by atoms with Crippen molar-refractivity contribution < 1.29 is 27.2 Å². The number of carbonyl (C=O) groups is 2. The van der Waals surface area contributed by atoms with E-state index in [4.69, 9.17) is 5.73 Å². The van der Waals surface area contributed by atoms with Crippen molar-refractivity contribution in [2.24, 2.45) is 5.73 Å². The first-order chi connectivity index (χ1) is 14.9. The number of halogens is 4. The number of pyridine rings is 1. The normalized spacial score (nSPS) is 13.2. The van der Waals surface area contributed by atoms with Gasteiger partial charge in [0.1, 0.15) is 11.9 Å². The zero-order chi connectivity index (χ0) is 23.8. The van der Waals surface area contributed by atoms with Crippen LogP contribution in [0.5, 0.6) is 0 Å². The number of rotatable bonds is 5. The fourth-order valence-corrected chi connectivity index (χ4v) is 3.33. The predicted molar refractivity (Wildman–Crippen MR) is 117 cm³/mol. The molecule has 0 radical (unpaired) electrons. The summed E-state index contributed by atoms with van der Waals surface area (Å²) in [5.41, 5.74) is 3.10. The Hall–Kier alpha value is -3.69. The number of hydrogen-bond acceptors (Lipinski definition) is 3. The summed E-state index contributed by atoms with van der Waals surface area (Å²) in [5.74, 6) is -4.22. The second-order valence-electron chi connectivity index (χ2n) is 7.29.